The third-order valence-corrected chi connectivity index (χ3v) is 2.29. The molecule has 1 unspecified atom stereocenters. The number of anilines is 1. The highest BCUT2D eigenvalue weighted by molar-refractivity contribution is 5.36. The van der Waals surface area contributed by atoms with Crippen LogP contribution in [0.1, 0.15) is 31.4 Å². The molecule has 2 aromatic rings. The van der Waals surface area contributed by atoms with Crippen LogP contribution in [-0.4, -0.2) is 25.1 Å². The third-order valence-electron chi connectivity index (χ3n) is 2.29. The molecule has 0 saturated carbocycles. The topological polar surface area (TPSA) is 79.4 Å². The zero-order chi connectivity index (χ0) is 11.4. The van der Waals surface area contributed by atoms with Gasteiger partial charge in [-0.05, 0) is 13.3 Å². The minimum atomic E-state index is 0.0436. The number of hydrogen-bond donors (Lipinski definition) is 2. The van der Waals surface area contributed by atoms with Crippen molar-refractivity contribution in [3.05, 3.63) is 30.2 Å². The summed E-state index contributed by atoms with van der Waals surface area (Å²) in [5, 5.41) is 9.86. The molecule has 6 nitrogen and oxygen atoms in total. The van der Waals surface area contributed by atoms with Crippen molar-refractivity contribution in [2.24, 2.45) is 0 Å². The molecule has 0 saturated heterocycles. The average molecular weight is 218 g/mol. The van der Waals surface area contributed by atoms with E-state index in [0.29, 0.717) is 0 Å². The highest BCUT2D eigenvalue weighted by Crippen LogP contribution is 2.13. The molecule has 0 aromatic carbocycles. The number of nitrogens with zero attached hydrogens (tertiary/aromatic N) is 4. The van der Waals surface area contributed by atoms with E-state index in [1.54, 1.807) is 6.33 Å². The predicted octanol–water partition coefficient (Wildman–Crippen LogP) is 1.33. The molecule has 6 heteroatoms. The maximum atomic E-state index is 4.15. The fourth-order valence-corrected chi connectivity index (χ4v) is 1.38. The Bertz CT molecular complexity index is 438. The number of aromatic amines is 1. The second-order valence-corrected chi connectivity index (χ2v) is 3.48. The molecule has 0 aliphatic carbocycles. The van der Waals surface area contributed by atoms with Crippen LogP contribution in [0.15, 0.2) is 18.7 Å². The smallest absolute Gasteiger partial charge is 0.146 e. The molecule has 2 N–H and O–H groups in total. The summed E-state index contributed by atoms with van der Waals surface area (Å²) in [7, 11) is 0. The fourth-order valence-electron chi connectivity index (χ4n) is 1.38. The molecule has 0 bridgehead atoms. The van der Waals surface area contributed by atoms with Crippen molar-refractivity contribution in [1.82, 2.24) is 25.1 Å². The SMILES string of the molecule is CCc1cc(NC(C)c2ncn[nH]2)ncn1. The maximum absolute atomic E-state index is 4.15. The lowest BCUT2D eigenvalue weighted by Gasteiger charge is -2.11. The van der Waals surface area contributed by atoms with E-state index in [-0.39, 0.29) is 6.04 Å². The Morgan fingerprint density at radius 2 is 2.19 bits per heavy atom. The standard InChI is InChI=1S/C10H14N6/c1-3-8-4-9(12-5-11-8)15-7(2)10-13-6-14-16-10/h4-7H,3H2,1-2H3,(H,11,12,15)(H,13,14,16). The van der Waals surface area contributed by atoms with Crippen molar-refractivity contribution >= 4 is 5.82 Å². The Kier molecular flexibility index (Phi) is 3.09. The van der Waals surface area contributed by atoms with E-state index in [9.17, 15) is 0 Å². The third kappa shape index (κ3) is 2.33. The Morgan fingerprint density at radius 3 is 2.88 bits per heavy atom. The number of nitrogens with one attached hydrogen (secondary N) is 2. The van der Waals surface area contributed by atoms with Gasteiger partial charge in [0.05, 0.1) is 6.04 Å². The van der Waals surface area contributed by atoms with Gasteiger partial charge < -0.3 is 5.32 Å². The number of aromatic nitrogens is 5. The Hall–Kier alpha value is -1.98. The molecule has 0 aliphatic rings. The summed E-state index contributed by atoms with van der Waals surface area (Å²) in [6.45, 7) is 4.06. The second kappa shape index (κ2) is 4.69. The van der Waals surface area contributed by atoms with Crippen LogP contribution in [0.4, 0.5) is 5.82 Å². The quantitative estimate of drug-likeness (QED) is 0.809. The Balaban J connectivity index is 2.08. The zero-order valence-electron chi connectivity index (χ0n) is 9.31. The molecule has 84 valence electrons. The van der Waals surface area contributed by atoms with Gasteiger partial charge in [0.15, 0.2) is 0 Å². The minimum Gasteiger partial charge on any atom is -0.360 e. The summed E-state index contributed by atoms with van der Waals surface area (Å²) < 4.78 is 0. The van der Waals surface area contributed by atoms with Crippen molar-refractivity contribution in [3.63, 3.8) is 0 Å². The first-order chi connectivity index (χ1) is 7.79. The number of hydrogen-bond acceptors (Lipinski definition) is 5. The lowest BCUT2D eigenvalue weighted by Crippen LogP contribution is -2.10. The van der Waals surface area contributed by atoms with Gasteiger partial charge in [0, 0.05) is 11.8 Å². The van der Waals surface area contributed by atoms with E-state index in [4.69, 9.17) is 0 Å². The molecule has 16 heavy (non-hydrogen) atoms. The van der Waals surface area contributed by atoms with Crippen molar-refractivity contribution < 1.29 is 0 Å². The van der Waals surface area contributed by atoms with Crippen LogP contribution in [0.3, 0.4) is 0 Å². The van der Waals surface area contributed by atoms with Gasteiger partial charge in [-0.25, -0.2) is 15.0 Å². The molecule has 0 aliphatic heterocycles. The van der Waals surface area contributed by atoms with Crippen LogP contribution < -0.4 is 5.32 Å². The summed E-state index contributed by atoms with van der Waals surface area (Å²) in [6.07, 6.45) is 3.95. The number of H-pyrrole nitrogens is 1. The average Bonchev–Trinajstić information content (AvgIpc) is 2.83. The van der Waals surface area contributed by atoms with Crippen LogP contribution in [0.2, 0.25) is 0 Å². The Morgan fingerprint density at radius 1 is 1.31 bits per heavy atom. The first kappa shape index (κ1) is 10.5. The molecule has 0 spiro atoms. The summed E-state index contributed by atoms with van der Waals surface area (Å²) in [4.78, 5) is 12.4. The van der Waals surface area contributed by atoms with Gasteiger partial charge in [0.1, 0.15) is 24.3 Å². The second-order valence-electron chi connectivity index (χ2n) is 3.48. The summed E-state index contributed by atoms with van der Waals surface area (Å²) in [5.41, 5.74) is 1.02. The van der Waals surface area contributed by atoms with Gasteiger partial charge in [0.25, 0.3) is 0 Å². The molecule has 0 amide bonds. The Labute approximate surface area is 93.6 Å². The van der Waals surface area contributed by atoms with Gasteiger partial charge in [-0.15, -0.1) is 0 Å². The van der Waals surface area contributed by atoms with Crippen molar-refractivity contribution in [2.75, 3.05) is 5.32 Å². The normalized spacial score (nSPS) is 12.4. The monoisotopic (exact) mass is 218 g/mol. The summed E-state index contributed by atoms with van der Waals surface area (Å²) in [5.74, 6) is 1.59. The molecule has 0 fully saturated rings. The van der Waals surface area contributed by atoms with Crippen molar-refractivity contribution in [3.8, 4) is 0 Å². The van der Waals surface area contributed by atoms with Crippen molar-refractivity contribution in [1.29, 1.82) is 0 Å². The first-order valence-electron chi connectivity index (χ1n) is 5.22. The first-order valence-corrected chi connectivity index (χ1v) is 5.22. The fraction of sp³-hybridized carbons (Fsp3) is 0.400. The largest absolute Gasteiger partial charge is 0.360 e. The zero-order valence-corrected chi connectivity index (χ0v) is 9.31. The highest BCUT2D eigenvalue weighted by atomic mass is 15.2. The predicted molar refractivity (Wildman–Crippen MR) is 59.8 cm³/mol. The van der Waals surface area contributed by atoms with E-state index < -0.39 is 0 Å². The van der Waals surface area contributed by atoms with E-state index in [1.165, 1.54) is 6.33 Å². The lowest BCUT2D eigenvalue weighted by molar-refractivity contribution is 0.787. The van der Waals surface area contributed by atoms with Crippen LogP contribution in [-0.2, 0) is 6.42 Å². The van der Waals surface area contributed by atoms with E-state index in [2.05, 4.69) is 37.4 Å². The molecule has 2 rings (SSSR count). The minimum absolute atomic E-state index is 0.0436. The van der Waals surface area contributed by atoms with Crippen LogP contribution in [0.5, 0.6) is 0 Å². The van der Waals surface area contributed by atoms with Crippen molar-refractivity contribution in [2.45, 2.75) is 26.3 Å². The highest BCUT2D eigenvalue weighted by Gasteiger charge is 2.08. The molecule has 1 atom stereocenters. The molecular formula is C10H14N6. The summed E-state index contributed by atoms with van der Waals surface area (Å²) in [6, 6.07) is 1.98. The van der Waals surface area contributed by atoms with E-state index in [0.717, 1.165) is 23.8 Å². The van der Waals surface area contributed by atoms with Gasteiger partial charge in [-0.1, -0.05) is 6.92 Å². The van der Waals surface area contributed by atoms with Crippen LogP contribution in [0, 0.1) is 0 Å². The van der Waals surface area contributed by atoms with E-state index >= 15 is 0 Å². The molecule has 2 aromatic heterocycles. The summed E-state index contributed by atoms with van der Waals surface area (Å²) >= 11 is 0. The van der Waals surface area contributed by atoms with E-state index in [1.807, 2.05) is 13.0 Å². The van der Waals surface area contributed by atoms with Gasteiger partial charge in [0.2, 0.25) is 0 Å². The molecule has 0 radical (unpaired) electrons. The van der Waals surface area contributed by atoms with Gasteiger partial charge in [-0.2, -0.15) is 5.10 Å². The maximum Gasteiger partial charge on any atom is 0.146 e. The molecule has 2 heterocycles. The van der Waals surface area contributed by atoms with Gasteiger partial charge >= 0.3 is 0 Å². The van der Waals surface area contributed by atoms with Gasteiger partial charge in [-0.3, -0.25) is 5.10 Å². The number of aryl methyl sites for hydroxylation is 1. The number of rotatable bonds is 4. The van der Waals surface area contributed by atoms with Crippen LogP contribution in [0.25, 0.3) is 0 Å². The molecular weight excluding hydrogens is 204 g/mol. The lowest BCUT2D eigenvalue weighted by atomic mass is 10.3. The van der Waals surface area contributed by atoms with Crippen LogP contribution >= 0.6 is 0 Å².